The van der Waals surface area contributed by atoms with E-state index in [-0.39, 0.29) is 0 Å². The molecule has 4 heteroatoms. The topological polar surface area (TPSA) is 21.1 Å². The molecule has 0 N–H and O–H groups in total. The number of fused-ring (bicyclic) bond motifs is 1. The van der Waals surface area contributed by atoms with Gasteiger partial charge in [-0.2, -0.15) is 0 Å². The maximum atomic E-state index is 7.48. The van der Waals surface area contributed by atoms with Crippen LogP contribution in [-0.2, 0) is 7.05 Å². The standard InChI is InChI=1S/C26H26N3Si/c1-18-15-21(27-3)17-24(19(18)2)26-23-11-10-22(16-20(23)12-14-29(26)4)30(5,6)25-9-7-8-13-28-25/h7-17H,1-2,4-6H3/q+1. The smallest absolute Gasteiger partial charge is 0.219 e. The average Bonchev–Trinajstić information content (AvgIpc) is 2.76. The number of hydrogen-bond acceptors (Lipinski definition) is 1. The summed E-state index contributed by atoms with van der Waals surface area (Å²) in [6.07, 6.45) is 4.01. The van der Waals surface area contributed by atoms with Gasteiger partial charge in [-0.25, -0.2) is 9.41 Å². The van der Waals surface area contributed by atoms with Crippen LogP contribution < -0.4 is 15.1 Å². The molecule has 0 unspecified atom stereocenters. The molecule has 2 aromatic heterocycles. The number of rotatable bonds is 3. The summed E-state index contributed by atoms with van der Waals surface area (Å²) in [6, 6.07) is 19.2. The molecule has 148 valence electrons. The van der Waals surface area contributed by atoms with Crippen LogP contribution in [0.5, 0.6) is 0 Å². The van der Waals surface area contributed by atoms with Crippen LogP contribution >= 0.6 is 0 Å². The molecule has 0 fully saturated rings. The SMILES string of the molecule is [C-]#[N+]c1cc(C)c(C)c(-c2c3ccc([Si](C)(C)c4ccccn4)cc3cc[n+]2C)c1. The molecular formula is C26H26N3Si+. The van der Waals surface area contributed by atoms with E-state index in [1.54, 1.807) is 0 Å². The molecule has 0 amide bonds. The summed E-state index contributed by atoms with van der Waals surface area (Å²) in [7, 11) is 0.203. The Morgan fingerprint density at radius 3 is 2.50 bits per heavy atom. The van der Waals surface area contributed by atoms with Crippen molar-refractivity contribution in [2.24, 2.45) is 7.05 Å². The van der Waals surface area contributed by atoms with Crippen LogP contribution in [0.2, 0.25) is 13.1 Å². The fourth-order valence-corrected chi connectivity index (χ4v) is 6.35. The second-order valence-electron chi connectivity index (χ2n) is 8.46. The zero-order valence-corrected chi connectivity index (χ0v) is 19.2. The van der Waals surface area contributed by atoms with E-state index in [0.717, 1.165) is 16.8 Å². The summed E-state index contributed by atoms with van der Waals surface area (Å²) in [5.41, 5.74) is 5.34. The second kappa shape index (κ2) is 7.51. The molecule has 0 saturated heterocycles. The third-order valence-electron chi connectivity index (χ3n) is 6.20. The van der Waals surface area contributed by atoms with Crippen LogP contribution in [-0.4, -0.2) is 13.1 Å². The first-order valence-electron chi connectivity index (χ1n) is 10.2. The van der Waals surface area contributed by atoms with Gasteiger partial charge in [0.05, 0.1) is 12.0 Å². The third-order valence-corrected chi connectivity index (χ3v) is 9.53. The van der Waals surface area contributed by atoms with E-state index >= 15 is 0 Å². The molecule has 0 saturated carbocycles. The van der Waals surface area contributed by atoms with Crippen molar-refractivity contribution >= 4 is 35.0 Å². The number of nitrogens with zero attached hydrogens (tertiary/aromatic N) is 3. The van der Waals surface area contributed by atoms with Crippen molar-refractivity contribution in [2.75, 3.05) is 0 Å². The predicted octanol–water partition coefficient (Wildman–Crippen LogP) is 4.72. The highest BCUT2D eigenvalue weighted by Gasteiger charge is 2.28. The predicted molar refractivity (Wildman–Crippen MR) is 127 cm³/mol. The van der Waals surface area contributed by atoms with E-state index in [2.05, 4.69) is 91.0 Å². The first-order valence-corrected chi connectivity index (χ1v) is 13.2. The van der Waals surface area contributed by atoms with Crippen LogP contribution in [0.1, 0.15) is 11.1 Å². The van der Waals surface area contributed by atoms with Gasteiger partial charge in [0.1, 0.15) is 15.1 Å². The summed E-state index contributed by atoms with van der Waals surface area (Å²) in [6.45, 7) is 16.4. The largest absolute Gasteiger partial charge is 0.266 e. The fraction of sp³-hybridized carbons (Fsp3) is 0.192. The van der Waals surface area contributed by atoms with Gasteiger partial charge in [0.2, 0.25) is 5.69 Å². The van der Waals surface area contributed by atoms with Gasteiger partial charge >= 0.3 is 0 Å². The van der Waals surface area contributed by atoms with Gasteiger partial charge in [-0.05, 0) is 49.1 Å². The Morgan fingerprint density at radius 1 is 1.00 bits per heavy atom. The Labute approximate surface area is 179 Å². The molecule has 4 rings (SSSR count). The number of pyridine rings is 2. The average molecular weight is 409 g/mol. The van der Waals surface area contributed by atoms with Crippen molar-refractivity contribution in [1.29, 1.82) is 0 Å². The Morgan fingerprint density at radius 2 is 1.80 bits per heavy atom. The second-order valence-corrected chi connectivity index (χ2v) is 12.8. The first-order chi connectivity index (χ1) is 14.3. The lowest BCUT2D eigenvalue weighted by Gasteiger charge is -2.22. The maximum Gasteiger partial charge on any atom is 0.219 e. The molecule has 0 radical (unpaired) electrons. The molecule has 0 aliphatic heterocycles. The van der Waals surface area contributed by atoms with Crippen LogP contribution in [0, 0.1) is 20.4 Å². The quantitative estimate of drug-likeness (QED) is 0.273. The van der Waals surface area contributed by atoms with Gasteiger partial charge in [-0.3, -0.25) is 4.98 Å². The van der Waals surface area contributed by atoms with Crippen LogP contribution in [0.25, 0.3) is 26.9 Å². The number of benzene rings is 2. The van der Waals surface area contributed by atoms with Crippen molar-refractivity contribution in [1.82, 2.24) is 4.98 Å². The highest BCUT2D eigenvalue weighted by atomic mass is 28.3. The lowest BCUT2D eigenvalue weighted by atomic mass is 9.96. The van der Waals surface area contributed by atoms with E-state index in [1.807, 2.05) is 24.4 Å². The van der Waals surface area contributed by atoms with Crippen LogP contribution in [0.3, 0.4) is 0 Å². The van der Waals surface area contributed by atoms with Gasteiger partial charge in [0.15, 0.2) is 11.9 Å². The van der Waals surface area contributed by atoms with Crippen molar-refractivity contribution in [3.63, 3.8) is 0 Å². The molecular weight excluding hydrogens is 382 g/mol. The van der Waals surface area contributed by atoms with Gasteiger partial charge in [0, 0.05) is 23.1 Å². The van der Waals surface area contributed by atoms with Crippen molar-refractivity contribution < 1.29 is 4.57 Å². The van der Waals surface area contributed by atoms with E-state index in [1.165, 1.54) is 26.8 Å². The molecule has 3 nitrogen and oxygen atoms in total. The Kier molecular flexibility index (Phi) is 5.01. The Bertz CT molecular complexity index is 1300. The number of aryl methyl sites for hydroxylation is 2. The number of aromatic nitrogens is 2. The van der Waals surface area contributed by atoms with Crippen LogP contribution in [0.4, 0.5) is 5.69 Å². The van der Waals surface area contributed by atoms with E-state index in [0.29, 0.717) is 5.69 Å². The highest BCUT2D eigenvalue weighted by Crippen LogP contribution is 2.32. The number of hydrogen-bond donors (Lipinski definition) is 0. The van der Waals surface area contributed by atoms with Crippen molar-refractivity contribution in [3.8, 4) is 11.3 Å². The Balaban J connectivity index is 1.94. The molecule has 0 aliphatic carbocycles. The van der Waals surface area contributed by atoms with E-state index < -0.39 is 8.07 Å². The van der Waals surface area contributed by atoms with Gasteiger partial charge < -0.3 is 0 Å². The zero-order chi connectivity index (χ0) is 21.5. The summed E-state index contributed by atoms with van der Waals surface area (Å²) in [5.74, 6) is 0. The minimum Gasteiger partial charge on any atom is -0.266 e. The minimum absolute atomic E-state index is 0.686. The summed E-state index contributed by atoms with van der Waals surface area (Å²) >= 11 is 0. The van der Waals surface area contributed by atoms with Gasteiger partial charge in [-0.15, -0.1) is 0 Å². The van der Waals surface area contributed by atoms with Gasteiger partial charge in [0.25, 0.3) is 0 Å². The summed E-state index contributed by atoms with van der Waals surface area (Å²) < 4.78 is 2.17. The zero-order valence-electron chi connectivity index (χ0n) is 18.2. The fourth-order valence-electron chi connectivity index (χ4n) is 4.13. The summed E-state index contributed by atoms with van der Waals surface area (Å²) in [5, 5.41) is 5.00. The normalized spacial score (nSPS) is 11.5. The molecule has 2 heterocycles. The molecule has 0 aliphatic rings. The summed E-state index contributed by atoms with van der Waals surface area (Å²) in [4.78, 5) is 8.34. The molecule has 2 aromatic carbocycles. The van der Waals surface area contributed by atoms with Crippen molar-refractivity contribution in [3.05, 3.63) is 89.5 Å². The maximum absolute atomic E-state index is 7.48. The van der Waals surface area contributed by atoms with Gasteiger partial charge in [-0.1, -0.05) is 48.1 Å². The van der Waals surface area contributed by atoms with Crippen LogP contribution in [0.15, 0.2) is 67.0 Å². The molecule has 0 atom stereocenters. The van der Waals surface area contributed by atoms with Crippen molar-refractivity contribution in [2.45, 2.75) is 26.9 Å². The molecule has 30 heavy (non-hydrogen) atoms. The first kappa shape index (κ1) is 20.0. The molecule has 4 aromatic rings. The third kappa shape index (κ3) is 3.32. The lowest BCUT2D eigenvalue weighted by molar-refractivity contribution is -0.659. The minimum atomic E-state index is -1.88. The molecule has 0 spiro atoms. The van der Waals surface area contributed by atoms with E-state index in [9.17, 15) is 0 Å². The highest BCUT2D eigenvalue weighted by molar-refractivity contribution is 7.00. The monoisotopic (exact) mass is 408 g/mol. The van der Waals surface area contributed by atoms with E-state index in [4.69, 9.17) is 6.57 Å². The molecule has 0 bridgehead atoms. The Hall–Kier alpha value is -3.29. The lowest BCUT2D eigenvalue weighted by Crippen LogP contribution is -2.54.